The number of hydrogen-bond acceptors (Lipinski definition) is 9. The van der Waals surface area contributed by atoms with Crippen LogP contribution in [0.3, 0.4) is 0 Å². The second-order valence-electron chi connectivity index (χ2n) is 6.94. The second kappa shape index (κ2) is 9.61. The summed E-state index contributed by atoms with van der Waals surface area (Å²) in [4.78, 5) is 40.8. The predicted molar refractivity (Wildman–Crippen MR) is 105 cm³/mol. The molecule has 0 bridgehead atoms. The van der Waals surface area contributed by atoms with E-state index in [1.54, 1.807) is 18.2 Å². The molecule has 0 spiro atoms. The molecule has 30 heavy (non-hydrogen) atoms. The van der Waals surface area contributed by atoms with Crippen molar-refractivity contribution in [2.75, 3.05) is 13.2 Å². The van der Waals surface area contributed by atoms with E-state index < -0.39 is 18.8 Å². The Labute approximate surface area is 172 Å². The predicted octanol–water partition coefficient (Wildman–Crippen LogP) is -0.454. The van der Waals surface area contributed by atoms with E-state index in [4.69, 9.17) is 15.2 Å². The number of nitrogens with two attached hydrogens (primary N) is 1. The maximum atomic E-state index is 12.5. The van der Waals surface area contributed by atoms with Crippen LogP contribution in [0.25, 0.3) is 0 Å². The molecule has 3 rings (SSSR count). The van der Waals surface area contributed by atoms with E-state index in [2.05, 4.69) is 15.8 Å². The normalized spacial score (nSPS) is 15.3. The van der Waals surface area contributed by atoms with Gasteiger partial charge in [0, 0.05) is 18.8 Å². The molecule has 0 fully saturated rings. The Morgan fingerprint density at radius 2 is 2.23 bits per heavy atom. The monoisotopic (exact) mass is 415 g/mol. The summed E-state index contributed by atoms with van der Waals surface area (Å²) in [5.41, 5.74) is 8.59. The van der Waals surface area contributed by atoms with Gasteiger partial charge in [-0.15, -0.1) is 5.10 Å². The summed E-state index contributed by atoms with van der Waals surface area (Å²) >= 11 is 0. The highest BCUT2D eigenvalue weighted by Gasteiger charge is 2.37. The van der Waals surface area contributed by atoms with Gasteiger partial charge in [0.2, 0.25) is 0 Å². The minimum Gasteiger partial charge on any atom is -0.535 e. The molecule has 1 aromatic carbocycles. The molecule has 1 aliphatic heterocycles. The first-order chi connectivity index (χ1) is 14.4. The molecule has 0 aliphatic carbocycles. The average Bonchev–Trinajstić information content (AvgIpc) is 3.16. The third kappa shape index (κ3) is 5.09. The van der Waals surface area contributed by atoms with Crippen molar-refractivity contribution in [3.63, 3.8) is 0 Å². The van der Waals surface area contributed by atoms with Crippen LogP contribution < -0.4 is 15.9 Å². The number of benzene rings is 1. The number of nitrogens with one attached hydrogen (secondary N) is 1. The van der Waals surface area contributed by atoms with Gasteiger partial charge in [-0.25, -0.2) is 10.2 Å². The van der Waals surface area contributed by atoms with Crippen molar-refractivity contribution in [3.8, 4) is 5.75 Å². The highest BCUT2D eigenvalue weighted by molar-refractivity contribution is 6.47. The number of carbonyl (C=O) groups is 3. The minimum atomic E-state index is -1.21. The van der Waals surface area contributed by atoms with Gasteiger partial charge in [-0.3, -0.25) is 19.2 Å². The zero-order valence-corrected chi connectivity index (χ0v) is 16.4. The number of nitrogens with zero attached hydrogens (tertiary/aromatic N) is 3. The van der Waals surface area contributed by atoms with Crippen LogP contribution in [0, 0.1) is 0 Å². The van der Waals surface area contributed by atoms with E-state index in [9.17, 15) is 19.4 Å². The fourth-order valence-corrected chi connectivity index (χ4v) is 3.18. The smallest absolute Gasteiger partial charge is 0.526 e. The maximum absolute atomic E-state index is 12.5. The second-order valence-corrected chi connectivity index (χ2v) is 6.94. The molecule has 0 saturated carbocycles. The quantitative estimate of drug-likeness (QED) is 0.213. The molecule has 0 saturated heterocycles. The number of rotatable bonds is 9. The number of aromatic nitrogens is 3. The van der Waals surface area contributed by atoms with Crippen LogP contribution in [0.15, 0.2) is 24.4 Å². The summed E-state index contributed by atoms with van der Waals surface area (Å²) in [7, 11) is -1.21. The molecule has 11 nitrogen and oxygen atoms in total. The first-order valence-corrected chi connectivity index (χ1v) is 9.40. The lowest BCUT2D eigenvalue weighted by molar-refractivity contribution is -0.120. The molecule has 1 aliphatic rings. The topological polar surface area (TPSA) is 159 Å². The van der Waals surface area contributed by atoms with Gasteiger partial charge in [0.05, 0.1) is 18.4 Å². The van der Waals surface area contributed by atoms with Gasteiger partial charge in [0.15, 0.2) is 17.3 Å². The summed E-state index contributed by atoms with van der Waals surface area (Å²) < 4.78 is 6.78. The number of hydrogen-bond donors (Lipinski definition) is 3. The SMILES string of the molecule is CC(=O)c1cccc2c1OB(O)[C@@H](CC(=O)Cn1cc(C(=O)NOCCN)nn1)C2. The van der Waals surface area contributed by atoms with E-state index >= 15 is 0 Å². The molecule has 1 aromatic heterocycles. The standard InChI is InChI=1S/C18H22BN5O6/c1-11(25)15-4-2-3-12-7-13(19(28)30-17(12)15)8-14(26)9-24-10-16(21-23-24)18(27)22-29-6-5-20/h2-4,10,13,28H,5-9,20H2,1H3,(H,22,27)/t13-/m1/s1. The zero-order chi connectivity index (χ0) is 21.7. The Bertz CT molecular complexity index is 949. The Morgan fingerprint density at radius 3 is 2.97 bits per heavy atom. The lowest BCUT2D eigenvalue weighted by Gasteiger charge is -2.28. The first-order valence-electron chi connectivity index (χ1n) is 9.40. The maximum Gasteiger partial charge on any atom is 0.526 e. The van der Waals surface area contributed by atoms with E-state index in [0.717, 1.165) is 5.56 Å². The van der Waals surface area contributed by atoms with Crippen molar-refractivity contribution in [2.45, 2.75) is 32.1 Å². The van der Waals surface area contributed by atoms with Gasteiger partial charge in [0.25, 0.3) is 5.91 Å². The number of fused-ring (bicyclic) bond motifs is 1. The third-order valence-electron chi connectivity index (χ3n) is 4.58. The molecule has 0 unspecified atom stereocenters. The van der Waals surface area contributed by atoms with Crippen LogP contribution in [-0.2, 0) is 22.6 Å². The highest BCUT2D eigenvalue weighted by Crippen LogP contribution is 2.36. The molecule has 2 aromatic rings. The number of ketones is 2. The fourth-order valence-electron chi connectivity index (χ4n) is 3.18. The molecule has 0 radical (unpaired) electrons. The Kier molecular flexibility index (Phi) is 6.93. The number of Topliss-reactive ketones (excluding diaryl/α,β-unsaturated/α-hetero) is 2. The van der Waals surface area contributed by atoms with Crippen molar-refractivity contribution >= 4 is 24.6 Å². The summed E-state index contributed by atoms with van der Waals surface area (Å²) in [5.74, 6) is -1.08. The van der Waals surface area contributed by atoms with Gasteiger partial charge in [-0.1, -0.05) is 17.3 Å². The van der Waals surface area contributed by atoms with Crippen LogP contribution in [0.2, 0.25) is 5.82 Å². The third-order valence-corrected chi connectivity index (χ3v) is 4.58. The Hall–Kier alpha value is -3.09. The van der Waals surface area contributed by atoms with Gasteiger partial charge in [0.1, 0.15) is 12.3 Å². The lowest BCUT2D eigenvalue weighted by atomic mass is 9.64. The first kappa shape index (κ1) is 21.6. The number of para-hydroxylation sites is 1. The number of carbonyl (C=O) groups excluding carboxylic acids is 3. The van der Waals surface area contributed by atoms with E-state index in [0.29, 0.717) is 17.7 Å². The summed E-state index contributed by atoms with van der Waals surface area (Å²) in [6.07, 6.45) is 1.75. The van der Waals surface area contributed by atoms with Crippen molar-refractivity contribution < 1.29 is 28.9 Å². The average molecular weight is 415 g/mol. The molecule has 1 atom stereocenters. The Balaban J connectivity index is 1.59. The van der Waals surface area contributed by atoms with Crippen LogP contribution in [0.5, 0.6) is 5.75 Å². The van der Waals surface area contributed by atoms with Gasteiger partial charge in [-0.2, -0.15) is 0 Å². The summed E-state index contributed by atoms with van der Waals surface area (Å²) in [6, 6.07) is 5.19. The van der Waals surface area contributed by atoms with Crippen LogP contribution in [0.1, 0.15) is 39.8 Å². The molecule has 4 N–H and O–H groups in total. The lowest BCUT2D eigenvalue weighted by Crippen LogP contribution is -2.36. The molecule has 2 heterocycles. The number of amides is 1. The van der Waals surface area contributed by atoms with E-state index in [1.165, 1.54) is 17.8 Å². The highest BCUT2D eigenvalue weighted by atomic mass is 16.6. The molecule has 12 heteroatoms. The van der Waals surface area contributed by atoms with E-state index in [1.807, 2.05) is 0 Å². The van der Waals surface area contributed by atoms with Crippen LogP contribution >= 0.6 is 0 Å². The number of hydroxylamine groups is 1. The van der Waals surface area contributed by atoms with Crippen LogP contribution in [-0.4, -0.2) is 57.8 Å². The van der Waals surface area contributed by atoms with Crippen molar-refractivity contribution in [3.05, 3.63) is 41.2 Å². The fraction of sp³-hybridized carbons (Fsp3) is 0.389. The zero-order valence-electron chi connectivity index (χ0n) is 16.4. The van der Waals surface area contributed by atoms with Crippen LogP contribution in [0.4, 0.5) is 0 Å². The summed E-state index contributed by atoms with van der Waals surface area (Å²) in [5, 5.41) is 17.8. The Morgan fingerprint density at radius 1 is 1.43 bits per heavy atom. The largest absolute Gasteiger partial charge is 0.535 e. The molecule has 1 amide bonds. The van der Waals surface area contributed by atoms with Gasteiger partial charge < -0.3 is 15.4 Å². The summed E-state index contributed by atoms with van der Waals surface area (Å²) in [6.45, 7) is 1.71. The minimum absolute atomic E-state index is 0.00783. The van der Waals surface area contributed by atoms with Gasteiger partial charge >= 0.3 is 7.12 Å². The van der Waals surface area contributed by atoms with Crippen molar-refractivity contribution in [2.24, 2.45) is 5.73 Å². The van der Waals surface area contributed by atoms with Crippen molar-refractivity contribution in [1.29, 1.82) is 0 Å². The van der Waals surface area contributed by atoms with Gasteiger partial charge in [-0.05, 0) is 25.0 Å². The molecule has 158 valence electrons. The van der Waals surface area contributed by atoms with E-state index in [-0.39, 0.29) is 43.4 Å². The molecular formula is C18H22BN5O6. The molecular weight excluding hydrogens is 393 g/mol. The van der Waals surface area contributed by atoms with Crippen molar-refractivity contribution in [1.82, 2.24) is 20.5 Å².